The van der Waals surface area contributed by atoms with Crippen molar-refractivity contribution < 1.29 is 9.53 Å². The maximum atomic E-state index is 11.8. The summed E-state index contributed by atoms with van der Waals surface area (Å²) in [5.74, 6) is 0.969. The maximum absolute atomic E-state index is 11.8. The molecule has 45 heavy (non-hydrogen) atoms. The Morgan fingerprint density at radius 1 is 1.02 bits per heavy atom. The summed E-state index contributed by atoms with van der Waals surface area (Å²) in [7, 11) is 1.90. The predicted molar refractivity (Wildman–Crippen MR) is 180 cm³/mol. The molecule has 9 nitrogen and oxygen atoms in total. The van der Waals surface area contributed by atoms with Crippen LogP contribution in [-0.2, 0) is 18.4 Å². The second kappa shape index (κ2) is 12.0. The van der Waals surface area contributed by atoms with Gasteiger partial charge in [-0.2, -0.15) is 5.10 Å². The number of anilines is 1. The van der Waals surface area contributed by atoms with Crippen molar-refractivity contribution in [1.29, 1.82) is 0 Å². The number of hydrogen-bond donors (Lipinski definition) is 2. The normalized spacial score (nSPS) is 11.1. The van der Waals surface area contributed by atoms with Crippen molar-refractivity contribution in [2.75, 3.05) is 5.73 Å². The number of nitrogen functional groups attached to an aromatic ring is 1. The molecule has 0 aliphatic rings. The number of nitrogens with two attached hydrogens (primary N) is 1. The average Bonchev–Trinajstić information content (AvgIpc) is 3.62. The van der Waals surface area contributed by atoms with Gasteiger partial charge in [-0.25, -0.2) is 15.0 Å². The Bertz CT molecular complexity index is 2090. The molecule has 0 aliphatic heterocycles. The van der Waals surface area contributed by atoms with E-state index in [4.69, 9.17) is 10.5 Å². The molecule has 0 bridgehead atoms. The molecule has 0 atom stereocenters. The van der Waals surface area contributed by atoms with E-state index in [2.05, 4.69) is 63.1 Å². The van der Waals surface area contributed by atoms with Gasteiger partial charge in [0.2, 0.25) is 5.91 Å². The van der Waals surface area contributed by atoms with E-state index >= 15 is 0 Å². The molecule has 4 aromatic heterocycles. The number of ether oxygens (including phenoxy) is 1. The number of fused-ring (bicyclic) bond motifs is 1. The minimum absolute atomic E-state index is 0.207. The summed E-state index contributed by atoms with van der Waals surface area (Å²) in [6.07, 6.45) is 8.62. The standard InChI is InChI=1S/C35H33N7O2S/c1-7-28(43)38-15-23-8-9-26(19(2)12-23)32-29(30-33(45-32)27(17-39-34(30)36)25-16-40-42(6)18-25)24-13-20(3)31(21(4)14-24)44-35-37-11-10-22(5)41-35/h7-14,16-18H,1,15H2,2-6H3,(H2,36,39)(H,38,43). The van der Waals surface area contributed by atoms with Crippen LogP contribution in [0.1, 0.15) is 27.9 Å². The van der Waals surface area contributed by atoms with Gasteiger partial charge in [0.25, 0.3) is 0 Å². The van der Waals surface area contributed by atoms with Crippen molar-refractivity contribution >= 4 is 33.1 Å². The lowest BCUT2D eigenvalue weighted by molar-refractivity contribution is -0.116. The zero-order valence-electron chi connectivity index (χ0n) is 25.8. The first-order valence-corrected chi connectivity index (χ1v) is 15.2. The lowest BCUT2D eigenvalue weighted by Gasteiger charge is -2.15. The van der Waals surface area contributed by atoms with E-state index in [0.717, 1.165) is 76.5 Å². The van der Waals surface area contributed by atoms with Crippen LogP contribution >= 0.6 is 11.3 Å². The maximum Gasteiger partial charge on any atom is 0.322 e. The van der Waals surface area contributed by atoms with Crippen LogP contribution in [-0.4, -0.2) is 30.6 Å². The summed E-state index contributed by atoms with van der Waals surface area (Å²) in [6.45, 7) is 12.0. The largest absolute Gasteiger partial charge is 0.424 e. The Balaban J connectivity index is 1.55. The van der Waals surface area contributed by atoms with Crippen molar-refractivity contribution in [3.63, 3.8) is 0 Å². The van der Waals surface area contributed by atoms with Crippen molar-refractivity contribution in [3.8, 4) is 44.5 Å². The molecule has 6 aromatic rings. The van der Waals surface area contributed by atoms with Crippen molar-refractivity contribution in [1.82, 2.24) is 30.0 Å². The molecular formula is C35H33N7O2S. The van der Waals surface area contributed by atoms with Crippen LogP contribution in [0.3, 0.4) is 0 Å². The van der Waals surface area contributed by atoms with Gasteiger partial charge in [0.05, 0.1) is 6.20 Å². The van der Waals surface area contributed by atoms with E-state index in [0.29, 0.717) is 18.4 Å². The molecule has 0 saturated heterocycles. The first-order valence-electron chi connectivity index (χ1n) is 14.4. The number of rotatable bonds is 8. The Hall–Kier alpha value is -5.35. The number of pyridine rings is 1. The fourth-order valence-corrected chi connectivity index (χ4v) is 6.98. The van der Waals surface area contributed by atoms with E-state index in [1.54, 1.807) is 22.2 Å². The molecule has 0 saturated carbocycles. The van der Waals surface area contributed by atoms with Crippen LogP contribution in [0.15, 0.2) is 73.8 Å². The molecule has 226 valence electrons. The lowest BCUT2D eigenvalue weighted by atomic mass is 9.93. The number of aromatic nitrogens is 5. The number of thiophene rings is 1. The third kappa shape index (κ3) is 5.80. The van der Waals surface area contributed by atoms with Crippen LogP contribution in [0, 0.1) is 27.7 Å². The van der Waals surface area contributed by atoms with Crippen LogP contribution in [0.4, 0.5) is 5.82 Å². The van der Waals surface area contributed by atoms with Crippen LogP contribution < -0.4 is 15.8 Å². The highest BCUT2D eigenvalue weighted by Gasteiger charge is 2.24. The summed E-state index contributed by atoms with van der Waals surface area (Å²) in [5, 5.41) is 8.16. The molecule has 0 radical (unpaired) electrons. The Kier molecular flexibility index (Phi) is 7.90. The topological polar surface area (TPSA) is 121 Å². The zero-order valence-corrected chi connectivity index (χ0v) is 26.6. The molecule has 4 heterocycles. The quantitative estimate of drug-likeness (QED) is 0.173. The van der Waals surface area contributed by atoms with Crippen LogP contribution in [0.2, 0.25) is 0 Å². The third-order valence-electron chi connectivity index (χ3n) is 7.66. The highest BCUT2D eigenvalue weighted by atomic mass is 32.1. The van der Waals surface area contributed by atoms with Crippen molar-refractivity contribution in [2.45, 2.75) is 34.2 Å². The molecule has 0 fully saturated rings. The van der Waals surface area contributed by atoms with E-state index in [-0.39, 0.29) is 5.91 Å². The van der Waals surface area contributed by atoms with Gasteiger partial charge in [0.1, 0.15) is 11.6 Å². The second-order valence-corrected chi connectivity index (χ2v) is 12.1. The van der Waals surface area contributed by atoms with Gasteiger partial charge in [-0.05, 0) is 85.4 Å². The second-order valence-electron chi connectivity index (χ2n) is 11.1. The summed E-state index contributed by atoms with van der Waals surface area (Å²) < 4.78 is 8.99. The Morgan fingerprint density at radius 3 is 2.47 bits per heavy atom. The SMILES string of the molecule is C=CC(=O)NCc1ccc(-c2sc3c(-c4cnn(C)c4)cnc(N)c3c2-c2cc(C)c(Oc3nccc(C)n3)c(C)c2)c(C)c1. The summed E-state index contributed by atoms with van der Waals surface area (Å²) in [5.41, 5.74) is 16.5. The molecule has 2 aromatic carbocycles. The minimum atomic E-state index is -0.207. The molecule has 10 heteroatoms. The van der Waals surface area contributed by atoms with Gasteiger partial charge in [-0.15, -0.1) is 11.3 Å². The smallest absolute Gasteiger partial charge is 0.322 e. The van der Waals surface area contributed by atoms with Gasteiger partial charge in [-0.3, -0.25) is 9.48 Å². The Morgan fingerprint density at radius 2 is 1.80 bits per heavy atom. The monoisotopic (exact) mass is 615 g/mol. The van der Waals surface area contributed by atoms with E-state index < -0.39 is 0 Å². The minimum Gasteiger partial charge on any atom is -0.424 e. The molecule has 1 amide bonds. The number of amides is 1. The van der Waals surface area contributed by atoms with Crippen LogP contribution in [0.5, 0.6) is 11.8 Å². The lowest BCUT2D eigenvalue weighted by Crippen LogP contribution is -2.19. The highest BCUT2D eigenvalue weighted by Crippen LogP contribution is 2.50. The Labute approximate surface area is 265 Å². The average molecular weight is 616 g/mol. The number of benzene rings is 2. The summed E-state index contributed by atoms with van der Waals surface area (Å²) in [6, 6.07) is 12.6. The van der Waals surface area contributed by atoms with Gasteiger partial charge in [0.15, 0.2) is 0 Å². The first-order chi connectivity index (χ1) is 21.6. The van der Waals surface area contributed by atoms with Gasteiger partial charge < -0.3 is 15.8 Å². The fourth-order valence-electron chi connectivity index (χ4n) is 5.53. The number of carbonyl (C=O) groups excluding carboxylic acids is 1. The van der Waals surface area contributed by atoms with Crippen molar-refractivity contribution in [2.24, 2.45) is 7.05 Å². The van der Waals surface area contributed by atoms with E-state index in [9.17, 15) is 4.79 Å². The summed E-state index contributed by atoms with van der Waals surface area (Å²) in [4.78, 5) is 26.2. The molecule has 3 N–H and O–H groups in total. The number of aryl methyl sites for hydroxylation is 5. The number of carbonyl (C=O) groups is 1. The number of nitrogens with zero attached hydrogens (tertiary/aromatic N) is 5. The van der Waals surface area contributed by atoms with Gasteiger partial charge in [-0.1, -0.05) is 24.8 Å². The molecule has 0 aliphatic carbocycles. The number of nitrogens with one attached hydrogen (secondary N) is 1. The van der Waals surface area contributed by atoms with Crippen molar-refractivity contribution in [3.05, 3.63) is 102 Å². The summed E-state index contributed by atoms with van der Waals surface area (Å²) >= 11 is 1.69. The zero-order chi connectivity index (χ0) is 31.8. The molecule has 0 unspecified atom stereocenters. The van der Waals surface area contributed by atoms with E-state index in [1.807, 2.05) is 58.5 Å². The predicted octanol–water partition coefficient (Wildman–Crippen LogP) is 7.23. The van der Waals surface area contributed by atoms with Gasteiger partial charge >= 0.3 is 6.01 Å². The first kappa shape index (κ1) is 29.7. The molecular weight excluding hydrogens is 582 g/mol. The van der Waals surface area contributed by atoms with Crippen LogP contribution in [0.25, 0.3) is 42.8 Å². The number of hydrogen-bond acceptors (Lipinski definition) is 8. The van der Waals surface area contributed by atoms with E-state index in [1.165, 1.54) is 6.08 Å². The third-order valence-corrected chi connectivity index (χ3v) is 8.92. The van der Waals surface area contributed by atoms with Gasteiger partial charge in [0, 0.05) is 69.5 Å². The fraction of sp³-hybridized carbons (Fsp3) is 0.171. The molecule has 0 spiro atoms. The molecule has 6 rings (SSSR count). The highest BCUT2D eigenvalue weighted by molar-refractivity contribution is 7.23.